The smallest absolute Gasteiger partial charge is 0.260 e. The summed E-state index contributed by atoms with van der Waals surface area (Å²) < 4.78 is 0. The molecule has 0 aliphatic carbocycles. The fourth-order valence-corrected chi connectivity index (χ4v) is 1.62. The van der Waals surface area contributed by atoms with Gasteiger partial charge in [0, 0.05) is 10.6 Å². The molecule has 1 aromatic rings. The molecule has 108 valence electrons. The van der Waals surface area contributed by atoms with Gasteiger partial charge in [0.15, 0.2) is 11.9 Å². The minimum absolute atomic E-state index is 0.427. The van der Waals surface area contributed by atoms with E-state index in [-0.39, 0.29) is 0 Å². The number of aliphatic hydroxyl groups excluding tert-OH is 1. The molecule has 0 heterocycles. The predicted octanol–water partition coefficient (Wildman–Crippen LogP) is 0.858. The van der Waals surface area contributed by atoms with E-state index in [2.05, 4.69) is 5.32 Å². The highest BCUT2D eigenvalue weighted by Crippen LogP contribution is 2.19. The number of ketones is 1. The van der Waals surface area contributed by atoms with Gasteiger partial charge in [0.25, 0.3) is 5.91 Å². The fraction of sp³-hybridized carbons (Fsp3) is 0.385. The molecule has 1 amide bonds. The number of anilines is 1. The van der Waals surface area contributed by atoms with E-state index >= 15 is 0 Å². The van der Waals surface area contributed by atoms with Crippen molar-refractivity contribution in [2.24, 2.45) is 5.41 Å². The van der Waals surface area contributed by atoms with Crippen LogP contribution in [0.4, 0.5) is 5.69 Å². The molecule has 1 unspecified atom stereocenters. The lowest BCUT2D eigenvalue weighted by atomic mass is 9.85. The van der Waals surface area contributed by atoms with Gasteiger partial charge in [-0.1, -0.05) is 18.2 Å². The minimum atomic E-state index is -1.94. The Bertz CT molecular complexity index is 513. The van der Waals surface area contributed by atoms with E-state index < -0.39 is 34.7 Å². The topological polar surface area (TPSA) is 110 Å². The summed E-state index contributed by atoms with van der Waals surface area (Å²) in [5.74, 6) is -1.79. The van der Waals surface area contributed by atoms with Crippen LogP contribution in [0.5, 0.6) is 0 Å². The number of hydrogen-bond donors (Lipinski definition) is 2. The first-order chi connectivity index (χ1) is 9.24. The molecule has 0 saturated carbocycles. The second kappa shape index (κ2) is 6.25. The molecule has 0 bridgehead atoms. The molecule has 20 heavy (non-hydrogen) atoms. The molecule has 2 N–H and O–H groups in total. The number of nitro groups is 1. The number of carbonyl (C=O) groups excluding carboxylic acids is 2. The van der Waals surface area contributed by atoms with Crippen LogP contribution in [0.3, 0.4) is 0 Å². The van der Waals surface area contributed by atoms with E-state index in [1.54, 1.807) is 30.3 Å². The standard InChI is InChI=1S/C13H16N2O5/c1-13(2,8-15(19)20)11(17)10(16)12(18)14-9-6-4-3-5-7-9/h3-7,10,16H,8H2,1-2H3,(H,14,18). The summed E-state index contributed by atoms with van der Waals surface area (Å²) in [6, 6.07) is 8.30. The largest absolute Gasteiger partial charge is 0.376 e. The second-order valence-corrected chi connectivity index (χ2v) is 5.00. The zero-order chi connectivity index (χ0) is 15.3. The number of Topliss-reactive ketones (excluding diaryl/α,β-unsaturated/α-hetero) is 1. The van der Waals surface area contributed by atoms with Gasteiger partial charge in [-0.15, -0.1) is 0 Å². The third-order valence-electron chi connectivity index (χ3n) is 2.73. The van der Waals surface area contributed by atoms with Gasteiger partial charge in [-0.2, -0.15) is 0 Å². The Hall–Kier alpha value is -2.28. The molecule has 0 saturated heterocycles. The highest BCUT2D eigenvalue weighted by atomic mass is 16.6. The van der Waals surface area contributed by atoms with Crippen molar-refractivity contribution in [3.8, 4) is 0 Å². The van der Waals surface area contributed by atoms with Gasteiger partial charge in [-0.3, -0.25) is 19.7 Å². The monoisotopic (exact) mass is 280 g/mol. The van der Waals surface area contributed by atoms with Crippen molar-refractivity contribution in [1.29, 1.82) is 0 Å². The first kappa shape index (κ1) is 15.8. The first-order valence-electron chi connectivity index (χ1n) is 5.94. The molecule has 0 radical (unpaired) electrons. The Morgan fingerprint density at radius 3 is 2.40 bits per heavy atom. The number of carbonyl (C=O) groups is 2. The number of aliphatic hydroxyl groups is 1. The van der Waals surface area contributed by atoms with Crippen LogP contribution in [0.2, 0.25) is 0 Å². The summed E-state index contributed by atoms with van der Waals surface area (Å²) in [5.41, 5.74) is -0.992. The highest BCUT2D eigenvalue weighted by Gasteiger charge is 2.40. The maximum absolute atomic E-state index is 11.9. The molecule has 7 heteroatoms. The van der Waals surface area contributed by atoms with Crippen LogP contribution in [-0.4, -0.2) is 34.4 Å². The van der Waals surface area contributed by atoms with Crippen molar-refractivity contribution >= 4 is 17.4 Å². The normalized spacial score (nSPS) is 12.6. The zero-order valence-corrected chi connectivity index (χ0v) is 11.2. The lowest BCUT2D eigenvalue weighted by Gasteiger charge is -2.21. The van der Waals surface area contributed by atoms with Crippen LogP contribution in [0, 0.1) is 15.5 Å². The summed E-state index contributed by atoms with van der Waals surface area (Å²) in [6.07, 6.45) is -1.94. The number of nitrogens with one attached hydrogen (secondary N) is 1. The van der Waals surface area contributed by atoms with Gasteiger partial charge in [-0.25, -0.2) is 0 Å². The van der Waals surface area contributed by atoms with Crippen LogP contribution >= 0.6 is 0 Å². The van der Waals surface area contributed by atoms with E-state index in [0.717, 1.165) is 0 Å². The molecule has 1 rings (SSSR count). The molecule has 1 aromatic carbocycles. The number of nitrogens with zero attached hydrogens (tertiary/aromatic N) is 1. The third-order valence-corrected chi connectivity index (χ3v) is 2.73. The predicted molar refractivity (Wildman–Crippen MR) is 71.7 cm³/mol. The number of amides is 1. The number of benzene rings is 1. The van der Waals surface area contributed by atoms with E-state index in [1.807, 2.05) is 0 Å². The first-order valence-corrected chi connectivity index (χ1v) is 5.94. The van der Waals surface area contributed by atoms with Gasteiger partial charge < -0.3 is 10.4 Å². The van der Waals surface area contributed by atoms with E-state index in [1.165, 1.54) is 13.8 Å². The fourth-order valence-electron chi connectivity index (χ4n) is 1.62. The molecular weight excluding hydrogens is 264 g/mol. The van der Waals surface area contributed by atoms with Crippen molar-refractivity contribution < 1.29 is 19.6 Å². The quantitative estimate of drug-likeness (QED) is 0.456. The molecule has 0 fully saturated rings. The second-order valence-electron chi connectivity index (χ2n) is 5.00. The van der Waals surface area contributed by atoms with Gasteiger partial charge in [0.1, 0.15) is 0 Å². The Labute approximate surface area is 115 Å². The van der Waals surface area contributed by atoms with Crippen LogP contribution in [0.25, 0.3) is 0 Å². The van der Waals surface area contributed by atoms with Crippen LogP contribution in [0.1, 0.15) is 13.8 Å². The van der Waals surface area contributed by atoms with Crippen molar-refractivity contribution in [3.63, 3.8) is 0 Å². The van der Waals surface area contributed by atoms with Crippen molar-refractivity contribution in [1.82, 2.24) is 0 Å². The number of rotatable bonds is 6. The zero-order valence-electron chi connectivity index (χ0n) is 11.2. The van der Waals surface area contributed by atoms with Crippen LogP contribution in [-0.2, 0) is 9.59 Å². The summed E-state index contributed by atoms with van der Waals surface area (Å²) in [6.45, 7) is 1.98. The molecule has 0 aliphatic rings. The molecule has 0 spiro atoms. The van der Waals surface area contributed by atoms with Gasteiger partial charge >= 0.3 is 0 Å². The SMILES string of the molecule is CC(C)(C[N+](=O)[O-])C(=O)C(O)C(=O)Nc1ccccc1. The third kappa shape index (κ3) is 4.13. The Balaban J connectivity index is 2.74. The number of hydrogen-bond acceptors (Lipinski definition) is 5. The van der Waals surface area contributed by atoms with Crippen molar-refractivity contribution in [2.75, 3.05) is 11.9 Å². The maximum atomic E-state index is 11.9. The average Bonchev–Trinajstić information content (AvgIpc) is 2.36. The average molecular weight is 280 g/mol. The van der Waals surface area contributed by atoms with Gasteiger partial charge in [-0.05, 0) is 26.0 Å². The Morgan fingerprint density at radius 2 is 1.90 bits per heavy atom. The van der Waals surface area contributed by atoms with Crippen molar-refractivity contribution in [2.45, 2.75) is 20.0 Å². The van der Waals surface area contributed by atoms with Gasteiger partial charge in [0.2, 0.25) is 6.54 Å². The molecule has 0 aliphatic heterocycles. The van der Waals surface area contributed by atoms with Crippen LogP contribution < -0.4 is 5.32 Å². The summed E-state index contributed by atoms with van der Waals surface area (Å²) in [4.78, 5) is 33.5. The molecular formula is C13H16N2O5. The van der Waals surface area contributed by atoms with E-state index in [4.69, 9.17) is 0 Å². The maximum Gasteiger partial charge on any atom is 0.260 e. The van der Waals surface area contributed by atoms with E-state index in [0.29, 0.717) is 5.69 Å². The summed E-state index contributed by atoms with van der Waals surface area (Å²) >= 11 is 0. The highest BCUT2D eigenvalue weighted by molar-refractivity contribution is 6.11. The lowest BCUT2D eigenvalue weighted by Crippen LogP contribution is -2.45. The Kier molecular flexibility index (Phi) is 4.93. The summed E-state index contributed by atoms with van der Waals surface area (Å²) in [5, 5.41) is 22.6. The van der Waals surface area contributed by atoms with Crippen molar-refractivity contribution in [3.05, 3.63) is 40.4 Å². The molecule has 0 aromatic heterocycles. The van der Waals surface area contributed by atoms with Crippen LogP contribution in [0.15, 0.2) is 30.3 Å². The lowest BCUT2D eigenvalue weighted by molar-refractivity contribution is -0.492. The van der Waals surface area contributed by atoms with Gasteiger partial charge in [0.05, 0.1) is 5.41 Å². The molecule has 7 nitrogen and oxygen atoms in total. The summed E-state index contributed by atoms with van der Waals surface area (Å²) in [7, 11) is 0. The number of para-hydroxylation sites is 1. The molecule has 1 atom stereocenters. The minimum Gasteiger partial charge on any atom is -0.376 e. The van der Waals surface area contributed by atoms with E-state index in [9.17, 15) is 24.8 Å². The Morgan fingerprint density at radius 1 is 1.35 bits per heavy atom.